The quantitative estimate of drug-likeness (QED) is 0.514. The van der Waals surface area contributed by atoms with Crippen molar-refractivity contribution in [2.45, 2.75) is 0 Å². The minimum absolute atomic E-state index is 0.163. The van der Waals surface area contributed by atoms with Crippen molar-refractivity contribution >= 4 is 33.4 Å². The molecule has 0 saturated heterocycles. The summed E-state index contributed by atoms with van der Waals surface area (Å²) in [6, 6.07) is 9.04. The number of nitrogens with zero attached hydrogens (tertiary/aromatic N) is 2. The highest BCUT2D eigenvalue weighted by Crippen LogP contribution is 2.33. The van der Waals surface area contributed by atoms with Crippen LogP contribution in [0.2, 0.25) is 0 Å². The van der Waals surface area contributed by atoms with Crippen LogP contribution in [0.15, 0.2) is 35.1 Å². The number of aromatic nitrogens is 2. The second kappa shape index (κ2) is 7.05. The summed E-state index contributed by atoms with van der Waals surface area (Å²) in [7, 11) is 6.29. The van der Waals surface area contributed by atoms with Crippen LogP contribution < -0.4 is 29.0 Å². The molecule has 144 valence electrons. The van der Waals surface area contributed by atoms with E-state index >= 15 is 0 Å². The molecule has 0 saturated carbocycles. The Labute approximate surface area is 164 Å². The number of hydrogen-bond donors (Lipinski definition) is 0. The number of imidazole rings is 1. The molecule has 0 aliphatic carbocycles. The van der Waals surface area contributed by atoms with E-state index in [1.807, 2.05) is 18.2 Å². The van der Waals surface area contributed by atoms with E-state index in [0.29, 0.717) is 43.5 Å². The Morgan fingerprint density at radius 2 is 1.54 bits per heavy atom. The average Bonchev–Trinajstić information content (AvgIpc) is 3.24. The fraction of sp³-hybridized carbons (Fsp3) is 0.200. The summed E-state index contributed by atoms with van der Waals surface area (Å²) >= 11 is 1.31. The third kappa shape index (κ3) is 2.73. The molecule has 0 aliphatic rings. The van der Waals surface area contributed by atoms with Crippen molar-refractivity contribution in [3.05, 3.63) is 50.8 Å². The molecular formula is C20H18N2O5S. The zero-order valence-electron chi connectivity index (χ0n) is 15.8. The molecule has 0 radical (unpaired) electrons. The molecule has 2 heterocycles. The molecule has 7 nitrogen and oxygen atoms in total. The van der Waals surface area contributed by atoms with Gasteiger partial charge in [0, 0.05) is 0 Å². The van der Waals surface area contributed by atoms with Crippen LogP contribution >= 0.6 is 11.3 Å². The molecule has 0 spiro atoms. The summed E-state index contributed by atoms with van der Waals surface area (Å²) in [5, 5.41) is 0. The van der Waals surface area contributed by atoms with E-state index in [4.69, 9.17) is 18.9 Å². The van der Waals surface area contributed by atoms with Crippen LogP contribution in [0.5, 0.6) is 23.0 Å². The van der Waals surface area contributed by atoms with Gasteiger partial charge < -0.3 is 18.9 Å². The minimum atomic E-state index is -0.163. The second-order valence-electron chi connectivity index (χ2n) is 5.93. The first-order valence-corrected chi connectivity index (χ1v) is 9.22. The van der Waals surface area contributed by atoms with Crippen LogP contribution in [0.4, 0.5) is 0 Å². The largest absolute Gasteiger partial charge is 0.494 e. The van der Waals surface area contributed by atoms with Crippen molar-refractivity contribution in [2.75, 3.05) is 28.4 Å². The van der Waals surface area contributed by atoms with Crippen molar-refractivity contribution in [1.82, 2.24) is 9.38 Å². The van der Waals surface area contributed by atoms with Gasteiger partial charge in [0.15, 0.2) is 16.5 Å². The smallest absolute Gasteiger partial charge is 0.275 e. The number of thiazole rings is 1. The molecule has 4 rings (SSSR count). The fourth-order valence-electron chi connectivity index (χ4n) is 3.13. The van der Waals surface area contributed by atoms with Crippen LogP contribution in [0.25, 0.3) is 22.1 Å². The van der Waals surface area contributed by atoms with Gasteiger partial charge in [-0.15, -0.1) is 0 Å². The standard InChI is InChI=1S/C20H18N2O5S/c1-24-12-6-5-11(9-15(12)27-4)10-16-19(23)22-18-14(26-3)8-7-13(25-2)17(18)21-20(22)28-16/h5-10H,1-4H3/b16-10-. The molecule has 28 heavy (non-hydrogen) atoms. The summed E-state index contributed by atoms with van der Waals surface area (Å²) in [6.45, 7) is 0. The highest BCUT2D eigenvalue weighted by atomic mass is 32.1. The van der Waals surface area contributed by atoms with E-state index in [1.165, 1.54) is 11.3 Å². The zero-order chi connectivity index (χ0) is 19.8. The Morgan fingerprint density at radius 3 is 2.21 bits per heavy atom. The molecule has 0 N–H and O–H groups in total. The predicted octanol–water partition coefficient (Wildman–Crippen LogP) is 2.49. The third-order valence-corrected chi connectivity index (χ3v) is 5.43. The lowest BCUT2D eigenvalue weighted by atomic mass is 10.2. The first-order chi connectivity index (χ1) is 13.6. The average molecular weight is 398 g/mol. The summed E-state index contributed by atoms with van der Waals surface area (Å²) in [5.74, 6) is 2.39. The van der Waals surface area contributed by atoms with Gasteiger partial charge in [0.25, 0.3) is 5.56 Å². The SMILES string of the molecule is COc1ccc(/C=c2\sc3nc4c(OC)ccc(OC)c4n3c2=O)cc1OC. The Morgan fingerprint density at radius 1 is 0.893 bits per heavy atom. The van der Waals surface area contributed by atoms with E-state index in [0.717, 1.165) is 5.56 Å². The van der Waals surface area contributed by atoms with Gasteiger partial charge in [0.2, 0.25) is 0 Å². The third-order valence-electron chi connectivity index (χ3n) is 4.46. The lowest BCUT2D eigenvalue weighted by Gasteiger charge is -2.07. The molecule has 0 fully saturated rings. The molecule has 0 unspecified atom stereocenters. The van der Waals surface area contributed by atoms with E-state index in [1.54, 1.807) is 51.0 Å². The summed E-state index contributed by atoms with van der Waals surface area (Å²) in [5.41, 5.74) is 1.87. The lowest BCUT2D eigenvalue weighted by molar-refractivity contribution is 0.355. The number of benzene rings is 2. The van der Waals surface area contributed by atoms with Crippen LogP contribution in [-0.4, -0.2) is 37.8 Å². The molecule has 0 atom stereocenters. The maximum atomic E-state index is 13.1. The lowest BCUT2D eigenvalue weighted by Crippen LogP contribution is -2.22. The molecule has 2 aromatic heterocycles. The van der Waals surface area contributed by atoms with Gasteiger partial charge in [-0.05, 0) is 35.9 Å². The van der Waals surface area contributed by atoms with Crippen LogP contribution in [0, 0.1) is 0 Å². The number of hydrogen-bond acceptors (Lipinski definition) is 7. The van der Waals surface area contributed by atoms with Crippen molar-refractivity contribution < 1.29 is 18.9 Å². The summed E-state index contributed by atoms with van der Waals surface area (Å²) < 4.78 is 23.5. The number of rotatable bonds is 5. The molecule has 0 bridgehead atoms. The minimum Gasteiger partial charge on any atom is -0.494 e. The van der Waals surface area contributed by atoms with Gasteiger partial charge in [0.05, 0.1) is 33.0 Å². The predicted molar refractivity (Wildman–Crippen MR) is 108 cm³/mol. The molecule has 8 heteroatoms. The van der Waals surface area contributed by atoms with E-state index in [9.17, 15) is 4.79 Å². The Kier molecular flexibility index (Phi) is 4.56. The van der Waals surface area contributed by atoms with Gasteiger partial charge in [-0.3, -0.25) is 4.79 Å². The molecule has 4 aromatic rings. The van der Waals surface area contributed by atoms with Crippen LogP contribution in [0.3, 0.4) is 0 Å². The zero-order valence-corrected chi connectivity index (χ0v) is 16.6. The Hall–Kier alpha value is -3.26. The fourth-order valence-corrected chi connectivity index (χ4v) is 4.10. The second-order valence-corrected chi connectivity index (χ2v) is 6.94. The normalized spacial score (nSPS) is 11.9. The number of fused-ring (bicyclic) bond motifs is 3. The van der Waals surface area contributed by atoms with Gasteiger partial charge in [0.1, 0.15) is 22.5 Å². The van der Waals surface area contributed by atoms with Crippen molar-refractivity contribution in [2.24, 2.45) is 0 Å². The first-order valence-electron chi connectivity index (χ1n) is 8.41. The Balaban J connectivity index is 1.96. The van der Waals surface area contributed by atoms with E-state index in [-0.39, 0.29) is 5.56 Å². The van der Waals surface area contributed by atoms with Gasteiger partial charge in [-0.1, -0.05) is 17.4 Å². The van der Waals surface area contributed by atoms with Crippen molar-refractivity contribution in [3.63, 3.8) is 0 Å². The summed E-state index contributed by atoms with van der Waals surface area (Å²) in [4.78, 5) is 18.3. The Bertz CT molecular complexity index is 1290. The molecule has 0 amide bonds. The van der Waals surface area contributed by atoms with Crippen LogP contribution in [0.1, 0.15) is 5.56 Å². The summed E-state index contributed by atoms with van der Waals surface area (Å²) in [6.07, 6.45) is 1.81. The van der Waals surface area contributed by atoms with Crippen molar-refractivity contribution in [3.8, 4) is 23.0 Å². The van der Waals surface area contributed by atoms with Crippen LogP contribution in [-0.2, 0) is 0 Å². The topological polar surface area (TPSA) is 71.3 Å². The monoisotopic (exact) mass is 398 g/mol. The molecule has 2 aromatic carbocycles. The first kappa shape index (κ1) is 18.1. The number of methoxy groups -OCH3 is 4. The molecular weight excluding hydrogens is 380 g/mol. The highest BCUT2D eigenvalue weighted by molar-refractivity contribution is 7.15. The highest BCUT2D eigenvalue weighted by Gasteiger charge is 2.18. The van der Waals surface area contributed by atoms with Gasteiger partial charge in [-0.2, -0.15) is 0 Å². The number of ether oxygens (including phenoxy) is 4. The van der Waals surface area contributed by atoms with Gasteiger partial charge >= 0.3 is 0 Å². The molecule has 0 aliphatic heterocycles. The van der Waals surface area contributed by atoms with E-state index in [2.05, 4.69) is 4.98 Å². The maximum Gasteiger partial charge on any atom is 0.275 e. The van der Waals surface area contributed by atoms with Crippen molar-refractivity contribution in [1.29, 1.82) is 0 Å². The maximum absolute atomic E-state index is 13.1. The van der Waals surface area contributed by atoms with Gasteiger partial charge in [-0.25, -0.2) is 9.38 Å². The van der Waals surface area contributed by atoms with E-state index < -0.39 is 0 Å².